The quantitative estimate of drug-likeness (QED) is 0.190. The molecule has 0 radical (unpaired) electrons. The molecule has 1 aliphatic rings. The van der Waals surface area contributed by atoms with E-state index in [9.17, 15) is 19.8 Å². The van der Waals surface area contributed by atoms with E-state index < -0.39 is 17.9 Å². The molecule has 36 heavy (non-hydrogen) atoms. The Morgan fingerprint density at radius 3 is 1.61 bits per heavy atom. The molecule has 0 aliphatic carbocycles. The zero-order chi connectivity index (χ0) is 26.5. The first-order valence-corrected chi connectivity index (χ1v) is 14.0. The van der Waals surface area contributed by atoms with E-state index in [1.165, 1.54) is 70.6 Å². The number of carboxylic acids is 2. The molecule has 1 aromatic rings. The third kappa shape index (κ3) is 8.53. The highest BCUT2D eigenvalue weighted by molar-refractivity contribution is 5.98. The second-order valence-corrected chi connectivity index (χ2v) is 10.4. The lowest BCUT2D eigenvalue weighted by molar-refractivity contribution is -0.133. The molecule has 3 N–H and O–H groups in total. The summed E-state index contributed by atoms with van der Waals surface area (Å²) in [7, 11) is 0. The molecule has 0 amide bonds. The lowest BCUT2D eigenvalue weighted by Gasteiger charge is -2.31. The second kappa shape index (κ2) is 15.5. The fraction of sp³-hybridized carbons (Fsp3) is 0.613. The molecule has 1 heterocycles. The Labute approximate surface area is 218 Å². The smallest absolute Gasteiger partial charge is 0.334 e. The summed E-state index contributed by atoms with van der Waals surface area (Å²) < 4.78 is 0. The van der Waals surface area contributed by atoms with Crippen LogP contribution in [0.25, 0.3) is 0 Å². The van der Waals surface area contributed by atoms with Gasteiger partial charge in [0.15, 0.2) is 0 Å². The molecule has 0 saturated carbocycles. The summed E-state index contributed by atoms with van der Waals surface area (Å²) in [6.45, 7) is 7.63. The highest BCUT2D eigenvalue weighted by Gasteiger charge is 2.38. The lowest BCUT2D eigenvalue weighted by Crippen LogP contribution is -2.31. The van der Waals surface area contributed by atoms with Crippen molar-refractivity contribution in [2.24, 2.45) is 0 Å². The number of hydrogen-bond donors (Lipinski definition) is 3. The number of rotatable bonds is 17. The zero-order valence-corrected chi connectivity index (χ0v) is 22.9. The summed E-state index contributed by atoms with van der Waals surface area (Å²) >= 11 is 0. The Kier molecular flexibility index (Phi) is 12.8. The first-order valence-electron chi connectivity index (χ1n) is 14.0. The number of aliphatic carboxylic acids is 2. The molecular weight excluding hydrogens is 450 g/mol. The number of nitrogens with one attached hydrogen (secondary N) is 1. The molecule has 1 aliphatic heterocycles. The van der Waals surface area contributed by atoms with Crippen LogP contribution in [0.3, 0.4) is 0 Å². The van der Waals surface area contributed by atoms with Gasteiger partial charge in [0, 0.05) is 11.4 Å². The van der Waals surface area contributed by atoms with Crippen LogP contribution in [-0.4, -0.2) is 22.2 Å². The number of hydrogen-bond acceptors (Lipinski definition) is 3. The van der Waals surface area contributed by atoms with Crippen LogP contribution in [0.5, 0.6) is 0 Å². The largest absolute Gasteiger partial charge is 0.478 e. The van der Waals surface area contributed by atoms with Crippen molar-refractivity contribution in [3.05, 3.63) is 57.4 Å². The first-order chi connectivity index (χ1) is 17.3. The Morgan fingerprint density at radius 1 is 0.722 bits per heavy atom. The van der Waals surface area contributed by atoms with Crippen molar-refractivity contribution in [3.63, 3.8) is 0 Å². The normalized spacial score (nSPS) is 14.3. The van der Waals surface area contributed by atoms with Crippen LogP contribution in [0.15, 0.2) is 40.7 Å². The minimum atomic E-state index is -1.08. The van der Waals surface area contributed by atoms with Crippen molar-refractivity contribution < 1.29 is 19.8 Å². The van der Waals surface area contributed by atoms with Gasteiger partial charge in [-0.1, -0.05) is 102 Å². The van der Waals surface area contributed by atoms with Crippen molar-refractivity contribution in [3.8, 4) is 0 Å². The van der Waals surface area contributed by atoms with Crippen LogP contribution in [-0.2, 0) is 16.0 Å². The van der Waals surface area contributed by atoms with Gasteiger partial charge >= 0.3 is 11.9 Å². The summed E-state index contributed by atoms with van der Waals surface area (Å²) in [5.74, 6) is -2.93. The van der Waals surface area contributed by atoms with Crippen LogP contribution in [0.4, 0.5) is 0 Å². The van der Waals surface area contributed by atoms with Crippen LogP contribution < -0.4 is 5.32 Å². The topological polar surface area (TPSA) is 86.6 Å². The minimum absolute atomic E-state index is 0.124. The van der Waals surface area contributed by atoms with Gasteiger partial charge in [-0.05, 0) is 50.3 Å². The monoisotopic (exact) mass is 497 g/mol. The molecule has 0 atom stereocenters. The minimum Gasteiger partial charge on any atom is -0.478 e. The fourth-order valence-corrected chi connectivity index (χ4v) is 5.56. The molecule has 2 rings (SSSR count). The number of unbranched alkanes of at least 4 members (excludes halogenated alkanes) is 12. The zero-order valence-electron chi connectivity index (χ0n) is 22.9. The molecule has 200 valence electrons. The number of dihydropyridines is 1. The number of carboxylic acid groups (broad SMARTS) is 2. The van der Waals surface area contributed by atoms with Crippen molar-refractivity contribution in [2.75, 3.05) is 0 Å². The van der Waals surface area contributed by atoms with Crippen molar-refractivity contribution >= 4 is 11.9 Å². The highest BCUT2D eigenvalue weighted by Crippen LogP contribution is 2.41. The third-order valence-corrected chi connectivity index (χ3v) is 7.47. The Hall–Kier alpha value is -2.56. The second-order valence-electron chi connectivity index (χ2n) is 10.4. The van der Waals surface area contributed by atoms with Crippen LogP contribution >= 0.6 is 0 Å². The standard InChI is InChI=1S/C31H47NO4/c1-5-6-7-8-9-10-11-12-13-14-15-16-17-20-25-21-18-19-22(2)26(25)29-27(30(33)34)23(3)32-24(4)28(29)31(35)36/h18-19,21,29,32H,5-17,20H2,1-4H3,(H,33,34)(H,35,36). The van der Waals surface area contributed by atoms with E-state index in [0.29, 0.717) is 11.4 Å². The van der Waals surface area contributed by atoms with Crippen molar-refractivity contribution in [2.45, 2.75) is 124 Å². The Morgan fingerprint density at radius 2 is 1.17 bits per heavy atom. The molecule has 0 fully saturated rings. The SMILES string of the molecule is CCCCCCCCCCCCCCCc1cccc(C)c1C1C(C(=O)O)=C(C)NC(C)=C1C(=O)O. The van der Waals surface area contributed by atoms with Gasteiger partial charge in [-0.2, -0.15) is 0 Å². The Balaban J connectivity index is 1.95. The summed E-state index contributed by atoms with van der Waals surface area (Å²) in [6, 6.07) is 5.98. The lowest BCUT2D eigenvalue weighted by atomic mass is 9.76. The maximum absolute atomic E-state index is 12.2. The van der Waals surface area contributed by atoms with E-state index in [-0.39, 0.29) is 11.1 Å². The number of benzene rings is 1. The molecule has 1 aromatic carbocycles. The molecular formula is C31H47NO4. The molecule has 0 saturated heterocycles. The van der Waals surface area contributed by atoms with Crippen molar-refractivity contribution in [1.29, 1.82) is 0 Å². The summed E-state index contributed by atoms with van der Waals surface area (Å²) in [6.07, 6.45) is 17.7. The maximum Gasteiger partial charge on any atom is 0.334 e. The number of aryl methyl sites for hydroxylation is 2. The average Bonchev–Trinajstić information content (AvgIpc) is 2.81. The predicted octanol–water partition coefficient (Wildman–Crippen LogP) is 8.03. The van der Waals surface area contributed by atoms with Crippen LogP contribution in [0, 0.1) is 6.92 Å². The predicted molar refractivity (Wildman–Crippen MR) is 147 cm³/mol. The molecule has 5 nitrogen and oxygen atoms in total. The molecule has 0 aromatic heterocycles. The van der Waals surface area contributed by atoms with Gasteiger partial charge in [-0.3, -0.25) is 0 Å². The molecule has 0 bridgehead atoms. The highest BCUT2D eigenvalue weighted by atomic mass is 16.4. The van der Waals surface area contributed by atoms with Gasteiger partial charge in [0.25, 0.3) is 0 Å². The van der Waals surface area contributed by atoms with E-state index in [1.807, 2.05) is 25.1 Å². The van der Waals surface area contributed by atoms with Gasteiger partial charge in [0.2, 0.25) is 0 Å². The van der Waals surface area contributed by atoms with Gasteiger partial charge in [-0.25, -0.2) is 9.59 Å². The fourth-order valence-electron chi connectivity index (χ4n) is 5.56. The van der Waals surface area contributed by atoms with Crippen molar-refractivity contribution in [1.82, 2.24) is 5.32 Å². The summed E-state index contributed by atoms with van der Waals surface area (Å²) in [5.41, 5.74) is 4.09. The van der Waals surface area contributed by atoms with Gasteiger partial charge in [-0.15, -0.1) is 0 Å². The van der Waals surface area contributed by atoms with Gasteiger partial charge < -0.3 is 15.5 Å². The average molecular weight is 498 g/mol. The maximum atomic E-state index is 12.2. The summed E-state index contributed by atoms with van der Waals surface area (Å²) in [5, 5.41) is 23.0. The van der Waals surface area contributed by atoms with Gasteiger partial charge in [0.05, 0.1) is 17.1 Å². The van der Waals surface area contributed by atoms with E-state index in [0.717, 1.165) is 36.0 Å². The number of carbonyl (C=O) groups is 2. The van der Waals surface area contributed by atoms with Gasteiger partial charge in [0.1, 0.15) is 0 Å². The van der Waals surface area contributed by atoms with E-state index in [1.54, 1.807) is 13.8 Å². The van der Waals surface area contributed by atoms with E-state index >= 15 is 0 Å². The van der Waals surface area contributed by atoms with E-state index in [2.05, 4.69) is 12.2 Å². The molecule has 0 unspecified atom stereocenters. The number of allylic oxidation sites excluding steroid dienone is 2. The first kappa shape index (κ1) is 29.7. The van der Waals surface area contributed by atoms with Crippen LogP contribution in [0.1, 0.15) is 127 Å². The molecule has 5 heteroatoms. The van der Waals surface area contributed by atoms with Crippen LogP contribution in [0.2, 0.25) is 0 Å². The molecule has 0 spiro atoms. The summed E-state index contributed by atoms with van der Waals surface area (Å²) in [4.78, 5) is 24.4. The Bertz CT molecular complexity index is 908. The third-order valence-electron chi connectivity index (χ3n) is 7.47. The van der Waals surface area contributed by atoms with E-state index in [4.69, 9.17) is 0 Å².